The Labute approximate surface area is 142 Å². The SMILES string of the molecule is NC(CNS(=O)(=O)c1ccc(OCC(F)(F)F)nc1)c1ccccc1. The minimum atomic E-state index is -4.50. The maximum atomic E-state index is 12.2. The van der Waals surface area contributed by atoms with Crippen molar-refractivity contribution in [1.82, 2.24) is 9.71 Å². The Morgan fingerprint density at radius 1 is 1.16 bits per heavy atom. The first kappa shape index (κ1) is 19.2. The summed E-state index contributed by atoms with van der Waals surface area (Å²) < 4.78 is 67.3. The fourth-order valence-electron chi connectivity index (χ4n) is 1.87. The number of halogens is 3. The maximum absolute atomic E-state index is 12.2. The minimum absolute atomic E-state index is 0.0430. The number of rotatable bonds is 7. The van der Waals surface area contributed by atoms with E-state index in [0.717, 1.165) is 23.9 Å². The number of aromatic nitrogens is 1. The molecule has 1 unspecified atom stereocenters. The zero-order valence-corrected chi connectivity index (χ0v) is 13.7. The Morgan fingerprint density at radius 3 is 2.40 bits per heavy atom. The summed E-state index contributed by atoms with van der Waals surface area (Å²) in [6, 6.07) is 10.5. The Bertz CT molecular complexity index is 781. The van der Waals surface area contributed by atoms with Gasteiger partial charge < -0.3 is 10.5 Å². The summed E-state index contributed by atoms with van der Waals surface area (Å²) in [5.41, 5.74) is 6.68. The van der Waals surface area contributed by atoms with E-state index in [4.69, 9.17) is 5.73 Å². The molecule has 0 amide bonds. The molecule has 1 heterocycles. The summed E-state index contributed by atoms with van der Waals surface area (Å²) in [4.78, 5) is 3.36. The van der Waals surface area contributed by atoms with E-state index < -0.39 is 28.8 Å². The third-order valence-electron chi connectivity index (χ3n) is 3.12. The van der Waals surface area contributed by atoms with Crippen molar-refractivity contribution in [1.29, 1.82) is 0 Å². The van der Waals surface area contributed by atoms with E-state index in [0.29, 0.717) is 0 Å². The van der Waals surface area contributed by atoms with Gasteiger partial charge in [0.25, 0.3) is 0 Å². The predicted octanol–water partition coefficient (Wildman–Crippen LogP) is 2.00. The van der Waals surface area contributed by atoms with Gasteiger partial charge in [-0.2, -0.15) is 13.2 Å². The molecule has 0 bridgehead atoms. The zero-order chi connectivity index (χ0) is 18.5. The van der Waals surface area contributed by atoms with Gasteiger partial charge >= 0.3 is 6.18 Å². The van der Waals surface area contributed by atoms with Crippen LogP contribution in [0, 0.1) is 0 Å². The van der Waals surface area contributed by atoms with Crippen LogP contribution >= 0.6 is 0 Å². The Hall–Kier alpha value is -2.17. The highest BCUT2D eigenvalue weighted by Crippen LogP contribution is 2.18. The van der Waals surface area contributed by atoms with E-state index in [9.17, 15) is 21.6 Å². The fraction of sp³-hybridized carbons (Fsp3) is 0.267. The van der Waals surface area contributed by atoms with Gasteiger partial charge in [-0.15, -0.1) is 0 Å². The van der Waals surface area contributed by atoms with Crippen LogP contribution in [-0.4, -0.2) is 32.7 Å². The largest absolute Gasteiger partial charge is 0.468 e. The minimum Gasteiger partial charge on any atom is -0.468 e. The van der Waals surface area contributed by atoms with Gasteiger partial charge in [0.15, 0.2) is 6.61 Å². The molecule has 0 aliphatic carbocycles. The van der Waals surface area contributed by atoms with Gasteiger partial charge in [-0.3, -0.25) is 0 Å². The van der Waals surface area contributed by atoms with Gasteiger partial charge in [0.05, 0.1) is 6.20 Å². The normalized spacial score (nSPS) is 13.4. The first-order valence-electron chi connectivity index (χ1n) is 7.13. The maximum Gasteiger partial charge on any atom is 0.422 e. The van der Waals surface area contributed by atoms with Crippen molar-refractivity contribution in [3.63, 3.8) is 0 Å². The first-order valence-corrected chi connectivity index (χ1v) is 8.61. The summed E-state index contributed by atoms with van der Waals surface area (Å²) in [5.74, 6) is -0.322. The standard InChI is InChI=1S/C15H16F3N3O3S/c16-15(17,18)10-24-14-7-6-12(8-20-14)25(22,23)21-9-13(19)11-4-2-1-3-5-11/h1-8,13,21H,9-10,19H2. The van der Waals surface area contributed by atoms with Crippen molar-refractivity contribution < 1.29 is 26.3 Å². The van der Waals surface area contributed by atoms with Crippen LogP contribution in [0.2, 0.25) is 0 Å². The summed E-state index contributed by atoms with van der Waals surface area (Å²) >= 11 is 0. The van der Waals surface area contributed by atoms with E-state index in [-0.39, 0.29) is 17.3 Å². The van der Waals surface area contributed by atoms with Crippen LogP contribution in [0.25, 0.3) is 0 Å². The summed E-state index contributed by atoms with van der Waals surface area (Å²) in [5, 5.41) is 0. The molecule has 1 aromatic carbocycles. The lowest BCUT2D eigenvalue weighted by Crippen LogP contribution is -2.32. The number of pyridine rings is 1. The van der Waals surface area contributed by atoms with Gasteiger partial charge in [0.2, 0.25) is 15.9 Å². The molecule has 2 aromatic rings. The van der Waals surface area contributed by atoms with Gasteiger partial charge in [-0.25, -0.2) is 18.1 Å². The van der Waals surface area contributed by atoms with E-state index in [1.54, 1.807) is 24.3 Å². The fourth-order valence-corrected chi connectivity index (χ4v) is 2.87. The number of benzene rings is 1. The molecular weight excluding hydrogens is 359 g/mol. The van der Waals surface area contributed by atoms with Crippen LogP contribution in [0.15, 0.2) is 53.6 Å². The van der Waals surface area contributed by atoms with Crippen LogP contribution in [0.3, 0.4) is 0 Å². The van der Waals surface area contributed by atoms with E-state index >= 15 is 0 Å². The second kappa shape index (κ2) is 7.81. The Balaban J connectivity index is 1.97. The van der Waals surface area contributed by atoms with Gasteiger partial charge in [0, 0.05) is 18.7 Å². The number of sulfonamides is 1. The zero-order valence-electron chi connectivity index (χ0n) is 12.9. The number of ether oxygens (including phenoxy) is 1. The van der Waals surface area contributed by atoms with Gasteiger partial charge in [-0.1, -0.05) is 30.3 Å². The number of hydrogen-bond donors (Lipinski definition) is 2. The topological polar surface area (TPSA) is 94.3 Å². The lowest BCUT2D eigenvalue weighted by Gasteiger charge is -2.13. The second-order valence-electron chi connectivity index (χ2n) is 5.11. The van der Waals surface area contributed by atoms with Crippen molar-refractivity contribution >= 4 is 10.0 Å². The quantitative estimate of drug-likeness (QED) is 0.772. The molecular formula is C15H16F3N3O3S. The molecule has 0 fully saturated rings. The highest BCUT2D eigenvalue weighted by atomic mass is 32.2. The predicted molar refractivity (Wildman–Crippen MR) is 84.3 cm³/mol. The number of nitrogens with zero attached hydrogens (tertiary/aromatic N) is 1. The average Bonchev–Trinajstić information content (AvgIpc) is 2.58. The smallest absolute Gasteiger partial charge is 0.422 e. The molecule has 0 spiro atoms. The van der Waals surface area contributed by atoms with Crippen molar-refractivity contribution in [3.05, 3.63) is 54.2 Å². The second-order valence-corrected chi connectivity index (χ2v) is 6.87. The number of hydrogen-bond acceptors (Lipinski definition) is 5. The van der Waals surface area contributed by atoms with E-state index in [1.807, 2.05) is 6.07 Å². The van der Waals surface area contributed by atoms with Crippen molar-refractivity contribution in [2.45, 2.75) is 17.1 Å². The molecule has 1 aromatic heterocycles. The van der Waals surface area contributed by atoms with Crippen LogP contribution in [-0.2, 0) is 10.0 Å². The first-order chi connectivity index (χ1) is 11.7. The highest BCUT2D eigenvalue weighted by Gasteiger charge is 2.28. The average molecular weight is 375 g/mol. The summed E-state index contributed by atoms with van der Waals surface area (Å²) in [7, 11) is -3.89. The lowest BCUT2D eigenvalue weighted by atomic mass is 10.1. The molecule has 3 N–H and O–H groups in total. The van der Waals surface area contributed by atoms with Crippen LogP contribution in [0.1, 0.15) is 11.6 Å². The molecule has 0 saturated carbocycles. The van der Waals surface area contributed by atoms with Crippen molar-refractivity contribution in [3.8, 4) is 5.88 Å². The number of alkyl halides is 3. The molecule has 25 heavy (non-hydrogen) atoms. The van der Waals surface area contributed by atoms with E-state index in [2.05, 4.69) is 14.4 Å². The number of nitrogens with two attached hydrogens (primary N) is 1. The lowest BCUT2D eigenvalue weighted by molar-refractivity contribution is -0.154. The van der Waals surface area contributed by atoms with E-state index in [1.165, 1.54) is 0 Å². The molecule has 10 heteroatoms. The molecule has 0 aliphatic heterocycles. The Morgan fingerprint density at radius 2 is 1.84 bits per heavy atom. The molecule has 0 aliphatic rings. The monoisotopic (exact) mass is 375 g/mol. The molecule has 0 saturated heterocycles. The van der Waals surface area contributed by atoms with Gasteiger partial charge in [0.1, 0.15) is 4.90 Å². The number of nitrogens with one attached hydrogen (secondary N) is 1. The molecule has 6 nitrogen and oxygen atoms in total. The van der Waals surface area contributed by atoms with Crippen molar-refractivity contribution in [2.75, 3.05) is 13.2 Å². The third-order valence-corrected chi connectivity index (χ3v) is 4.53. The van der Waals surface area contributed by atoms with Crippen LogP contribution < -0.4 is 15.2 Å². The molecule has 2 rings (SSSR count). The highest BCUT2D eigenvalue weighted by molar-refractivity contribution is 7.89. The van der Waals surface area contributed by atoms with Crippen molar-refractivity contribution in [2.24, 2.45) is 5.73 Å². The summed E-state index contributed by atoms with van der Waals surface area (Å²) in [6.45, 7) is -1.55. The molecule has 1 atom stereocenters. The van der Waals surface area contributed by atoms with Crippen LogP contribution in [0.5, 0.6) is 5.88 Å². The third kappa shape index (κ3) is 6.00. The molecule has 0 radical (unpaired) electrons. The van der Waals surface area contributed by atoms with Crippen LogP contribution in [0.4, 0.5) is 13.2 Å². The summed E-state index contributed by atoms with van der Waals surface area (Å²) in [6.07, 6.45) is -3.58. The van der Waals surface area contributed by atoms with Gasteiger partial charge in [-0.05, 0) is 11.6 Å². The Kier molecular flexibility index (Phi) is 5.98. The molecule has 136 valence electrons.